The molecule has 3 heteroatoms. The van der Waals surface area contributed by atoms with Gasteiger partial charge in [-0.15, -0.1) is 6.58 Å². The average Bonchev–Trinajstić information content (AvgIpc) is 2.10. The molecule has 0 aromatic heterocycles. The Balaban J connectivity index is 2.84. The molecule has 0 aliphatic heterocycles. The number of benzene rings is 1. The lowest BCUT2D eigenvalue weighted by atomic mass is 10.1. The molecular weight excluding hydrogens is 192 g/mol. The van der Waals surface area contributed by atoms with E-state index in [1.807, 2.05) is 6.08 Å². The summed E-state index contributed by atoms with van der Waals surface area (Å²) in [5.74, 6) is 0. The first-order valence-electron chi connectivity index (χ1n) is 4.07. The Morgan fingerprint density at radius 1 is 1.62 bits per heavy atom. The van der Waals surface area contributed by atoms with Crippen LogP contribution in [0.4, 0.5) is 0 Å². The quantitative estimate of drug-likeness (QED) is 0.525. The predicted molar refractivity (Wildman–Crippen MR) is 57.3 cm³/mol. The van der Waals surface area contributed by atoms with E-state index in [0.717, 1.165) is 6.42 Å². The molecular formula is C10H11OSi2. The topological polar surface area (TPSA) is 9.23 Å². The fourth-order valence-electron chi connectivity index (χ4n) is 1.19. The molecule has 1 aromatic rings. The van der Waals surface area contributed by atoms with Crippen LogP contribution in [-0.2, 0) is 10.5 Å². The third-order valence-electron chi connectivity index (χ3n) is 1.83. The Bertz CT molecular complexity index is 297. The van der Waals surface area contributed by atoms with Crippen molar-refractivity contribution in [3.05, 3.63) is 42.0 Å². The molecule has 1 rings (SSSR count). The third kappa shape index (κ3) is 2.95. The van der Waals surface area contributed by atoms with Crippen molar-refractivity contribution in [1.82, 2.24) is 0 Å². The molecule has 0 saturated heterocycles. The lowest BCUT2D eigenvalue weighted by Gasteiger charge is -2.04. The van der Waals surface area contributed by atoms with Gasteiger partial charge in [0, 0.05) is 0 Å². The number of hydrogen-bond donors (Lipinski definition) is 0. The van der Waals surface area contributed by atoms with Crippen LogP contribution in [0.1, 0.15) is 11.1 Å². The first-order valence-corrected chi connectivity index (χ1v) is 5.38. The molecule has 0 amide bonds. The van der Waals surface area contributed by atoms with Crippen LogP contribution in [0, 0.1) is 6.92 Å². The predicted octanol–water partition coefficient (Wildman–Crippen LogP) is 1.07. The van der Waals surface area contributed by atoms with Crippen LogP contribution in [0.25, 0.3) is 0 Å². The smallest absolute Gasteiger partial charge is 0.256 e. The zero-order valence-electron chi connectivity index (χ0n) is 7.63. The first kappa shape index (κ1) is 10.4. The molecule has 1 nitrogen and oxygen atoms in total. The molecule has 0 N–H and O–H groups in total. The molecule has 0 bridgehead atoms. The minimum atomic E-state index is 0.372. The number of hydrogen-bond acceptors (Lipinski definition) is 1. The van der Waals surface area contributed by atoms with Crippen molar-refractivity contribution in [3.8, 4) is 0 Å². The van der Waals surface area contributed by atoms with Crippen LogP contribution in [-0.4, -0.2) is 20.2 Å². The van der Waals surface area contributed by atoms with E-state index in [4.69, 9.17) is 4.12 Å². The highest BCUT2D eigenvalue weighted by atomic mass is 28.3. The molecule has 0 atom stereocenters. The van der Waals surface area contributed by atoms with Crippen molar-refractivity contribution in [3.63, 3.8) is 0 Å². The maximum atomic E-state index is 4.92. The van der Waals surface area contributed by atoms with Gasteiger partial charge in [-0.3, -0.25) is 0 Å². The molecule has 13 heavy (non-hydrogen) atoms. The van der Waals surface area contributed by atoms with Gasteiger partial charge in [-0.25, -0.2) is 0 Å². The highest BCUT2D eigenvalue weighted by Crippen LogP contribution is 2.03. The maximum absolute atomic E-state index is 4.92. The van der Waals surface area contributed by atoms with Crippen LogP contribution >= 0.6 is 0 Å². The molecule has 0 aliphatic rings. The zero-order valence-corrected chi connectivity index (χ0v) is 9.63. The van der Waals surface area contributed by atoms with Gasteiger partial charge in [0.15, 0.2) is 0 Å². The van der Waals surface area contributed by atoms with Crippen molar-refractivity contribution in [2.45, 2.75) is 13.3 Å². The molecule has 5 radical (unpaired) electrons. The van der Waals surface area contributed by atoms with E-state index in [1.165, 1.54) is 16.3 Å². The van der Waals surface area contributed by atoms with Crippen molar-refractivity contribution in [2.75, 3.05) is 0 Å². The Labute approximate surface area is 85.3 Å². The summed E-state index contributed by atoms with van der Waals surface area (Å²) >= 11 is 0. The first-order chi connectivity index (χ1) is 6.27. The fourth-order valence-corrected chi connectivity index (χ4v) is 2.01. The second kappa shape index (κ2) is 5.16. The Hall–Kier alpha value is -0.646. The van der Waals surface area contributed by atoms with Crippen LogP contribution in [0.15, 0.2) is 30.9 Å². The summed E-state index contributed by atoms with van der Waals surface area (Å²) in [6.07, 6.45) is 2.84. The van der Waals surface area contributed by atoms with E-state index in [-0.39, 0.29) is 0 Å². The maximum Gasteiger partial charge on any atom is 0.256 e. The van der Waals surface area contributed by atoms with Crippen molar-refractivity contribution >= 4 is 25.4 Å². The monoisotopic (exact) mass is 203 g/mol. The van der Waals surface area contributed by atoms with Gasteiger partial charge in [0.2, 0.25) is 10.5 Å². The van der Waals surface area contributed by atoms with Gasteiger partial charge >= 0.3 is 0 Å². The average molecular weight is 203 g/mol. The van der Waals surface area contributed by atoms with E-state index < -0.39 is 0 Å². The van der Waals surface area contributed by atoms with Gasteiger partial charge in [-0.05, 0) is 29.7 Å². The van der Waals surface area contributed by atoms with Gasteiger partial charge in [-0.1, -0.05) is 24.3 Å². The minimum Gasteiger partial charge on any atom is -0.454 e. The van der Waals surface area contributed by atoms with Gasteiger partial charge in [0.1, 0.15) is 0 Å². The zero-order chi connectivity index (χ0) is 9.68. The number of rotatable bonds is 4. The molecule has 0 fully saturated rings. The summed E-state index contributed by atoms with van der Waals surface area (Å²) in [5, 5.41) is 1.24. The van der Waals surface area contributed by atoms with Crippen LogP contribution in [0.2, 0.25) is 0 Å². The molecule has 0 heterocycles. The molecule has 65 valence electrons. The number of aryl methyl sites for hydroxylation is 1. The van der Waals surface area contributed by atoms with Crippen LogP contribution in [0.3, 0.4) is 0 Å². The largest absolute Gasteiger partial charge is 0.454 e. The van der Waals surface area contributed by atoms with Gasteiger partial charge in [0.25, 0.3) is 9.76 Å². The lowest BCUT2D eigenvalue weighted by Crippen LogP contribution is -2.19. The van der Waals surface area contributed by atoms with Gasteiger partial charge < -0.3 is 4.12 Å². The Morgan fingerprint density at radius 3 is 2.92 bits per heavy atom. The molecule has 1 aromatic carbocycles. The van der Waals surface area contributed by atoms with E-state index in [0.29, 0.717) is 9.76 Å². The second-order valence-electron chi connectivity index (χ2n) is 2.85. The van der Waals surface area contributed by atoms with E-state index in [2.05, 4.69) is 42.2 Å². The van der Waals surface area contributed by atoms with Crippen molar-refractivity contribution in [2.24, 2.45) is 0 Å². The second-order valence-corrected chi connectivity index (χ2v) is 4.41. The van der Waals surface area contributed by atoms with Crippen LogP contribution < -0.4 is 5.19 Å². The standard InChI is InChI=1S/C10H11OSi2/c1-3-4-9-5-6-10(13-11-12)8(2)7-9/h3,5-7H,1,4H2,2H3. The van der Waals surface area contributed by atoms with Crippen LogP contribution in [0.5, 0.6) is 0 Å². The number of allylic oxidation sites excluding steroid dienone is 1. The van der Waals surface area contributed by atoms with E-state index >= 15 is 0 Å². The fraction of sp³-hybridized carbons (Fsp3) is 0.200. The van der Waals surface area contributed by atoms with E-state index in [1.54, 1.807) is 0 Å². The SMILES string of the molecule is C=CCc1ccc([Si]O[Si])c(C)c1. The Kier molecular flexibility index (Phi) is 4.14. The molecule has 0 spiro atoms. The van der Waals surface area contributed by atoms with Gasteiger partial charge in [-0.2, -0.15) is 0 Å². The van der Waals surface area contributed by atoms with Crippen molar-refractivity contribution < 1.29 is 4.12 Å². The summed E-state index contributed by atoms with van der Waals surface area (Å²) in [4.78, 5) is 0. The summed E-state index contributed by atoms with van der Waals surface area (Å²) in [5.41, 5.74) is 2.57. The lowest BCUT2D eigenvalue weighted by molar-refractivity contribution is 0.676. The molecule has 0 aliphatic carbocycles. The normalized spacial score (nSPS) is 10.0. The molecule has 0 unspecified atom stereocenters. The van der Waals surface area contributed by atoms with Gasteiger partial charge in [0.05, 0.1) is 0 Å². The summed E-state index contributed by atoms with van der Waals surface area (Å²) in [7, 11) is 3.38. The summed E-state index contributed by atoms with van der Waals surface area (Å²) in [6.45, 7) is 5.81. The van der Waals surface area contributed by atoms with E-state index in [9.17, 15) is 0 Å². The molecule has 0 saturated carbocycles. The highest BCUT2D eigenvalue weighted by molar-refractivity contribution is 6.51. The highest BCUT2D eigenvalue weighted by Gasteiger charge is 2.00. The minimum absolute atomic E-state index is 0.372. The summed E-state index contributed by atoms with van der Waals surface area (Å²) in [6, 6.07) is 6.39. The summed E-state index contributed by atoms with van der Waals surface area (Å²) < 4.78 is 4.92. The third-order valence-corrected chi connectivity index (χ3v) is 3.02. The van der Waals surface area contributed by atoms with Crippen molar-refractivity contribution in [1.29, 1.82) is 0 Å². The Morgan fingerprint density at radius 2 is 2.38 bits per heavy atom.